The average molecular weight is 258 g/mol. The fourth-order valence-corrected chi connectivity index (χ4v) is 2.05. The quantitative estimate of drug-likeness (QED) is 0.827. The van der Waals surface area contributed by atoms with Crippen LogP contribution in [-0.2, 0) is 13.0 Å². The SMILES string of the molecule is COc1ccccc1Cc1nc(CNC2CC2)n[nH]1. The van der Waals surface area contributed by atoms with E-state index < -0.39 is 0 Å². The van der Waals surface area contributed by atoms with Gasteiger partial charge in [-0.25, -0.2) is 4.98 Å². The molecule has 5 heteroatoms. The van der Waals surface area contributed by atoms with E-state index in [0.29, 0.717) is 12.5 Å². The van der Waals surface area contributed by atoms with Crippen LogP contribution in [0.25, 0.3) is 0 Å². The topological polar surface area (TPSA) is 62.8 Å². The number of aromatic nitrogens is 3. The molecule has 1 aromatic carbocycles. The highest BCUT2D eigenvalue weighted by atomic mass is 16.5. The Bertz CT molecular complexity index is 548. The Balaban J connectivity index is 1.65. The summed E-state index contributed by atoms with van der Waals surface area (Å²) in [5.74, 6) is 2.59. The first-order valence-corrected chi connectivity index (χ1v) is 6.60. The van der Waals surface area contributed by atoms with E-state index in [1.54, 1.807) is 7.11 Å². The highest BCUT2D eigenvalue weighted by molar-refractivity contribution is 5.35. The lowest BCUT2D eigenvalue weighted by Gasteiger charge is -2.05. The highest BCUT2D eigenvalue weighted by Gasteiger charge is 2.20. The zero-order valence-electron chi connectivity index (χ0n) is 11.0. The molecule has 2 aromatic rings. The van der Waals surface area contributed by atoms with Gasteiger partial charge < -0.3 is 10.1 Å². The van der Waals surface area contributed by atoms with Crippen LogP contribution in [0.15, 0.2) is 24.3 Å². The van der Waals surface area contributed by atoms with Gasteiger partial charge in [-0.15, -0.1) is 0 Å². The first-order chi connectivity index (χ1) is 9.35. The highest BCUT2D eigenvalue weighted by Crippen LogP contribution is 2.20. The van der Waals surface area contributed by atoms with Crippen LogP contribution in [-0.4, -0.2) is 28.3 Å². The van der Waals surface area contributed by atoms with Gasteiger partial charge in [0.1, 0.15) is 11.6 Å². The zero-order valence-corrected chi connectivity index (χ0v) is 11.0. The maximum atomic E-state index is 5.34. The molecule has 2 N–H and O–H groups in total. The largest absolute Gasteiger partial charge is 0.496 e. The van der Waals surface area contributed by atoms with Gasteiger partial charge in [-0.3, -0.25) is 5.10 Å². The Morgan fingerprint density at radius 1 is 1.37 bits per heavy atom. The molecule has 1 heterocycles. The van der Waals surface area contributed by atoms with Crippen molar-refractivity contribution >= 4 is 0 Å². The standard InChI is InChI=1S/C14H18N4O/c1-19-12-5-3-2-4-10(12)8-13-16-14(18-17-13)9-15-11-6-7-11/h2-5,11,15H,6-9H2,1H3,(H,16,17,18). The van der Waals surface area contributed by atoms with Crippen molar-refractivity contribution < 1.29 is 4.74 Å². The fourth-order valence-electron chi connectivity index (χ4n) is 2.05. The van der Waals surface area contributed by atoms with Crippen LogP contribution in [0.2, 0.25) is 0 Å². The van der Waals surface area contributed by atoms with Gasteiger partial charge in [-0.1, -0.05) is 18.2 Å². The summed E-state index contributed by atoms with van der Waals surface area (Å²) < 4.78 is 5.34. The predicted octanol–water partition coefficient (Wildman–Crippen LogP) is 1.66. The van der Waals surface area contributed by atoms with Crippen molar-refractivity contribution in [2.75, 3.05) is 7.11 Å². The molecule has 0 saturated heterocycles. The third kappa shape index (κ3) is 3.12. The Kier molecular flexibility index (Phi) is 3.46. The van der Waals surface area contributed by atoms with Crippen LogP contribution in [0.5, 0.6) is 5.75 Å². The molecule has 0 spiro atoms. The molecular weight excluding hydrogens is 240 g/mol. The molecule has 0 atom stereocenters. The van der Waals surface area contributed by atoms with Crippen molar-refractivity contribution in [2.45, 2.75) is 31.8 Å². The minimum Gasteiger partial charge on any atom is -0.496 e. The Morgan fingerprint density at radius 2 is 2.21 bits per heavy atom. The Labute approximate surface area is 112 Å². The number of benzene rings is 1. The number of nitrogens with zero attached hydrogens (tertiary/aromatic N) is 2. The van der Waals surface area contributed by atoms with Crippen LogP contribution in [0, 0.1) is 0 Å². The maximum Gasteiger partial charge on any atom is 0.164 e. The minimum atomic E-state index is 0.677. The number of methoxy groups -OCH3 is 1. The first-order valence-electron chi connectivity index (χ1n) is 6.60. The third-order valence-electron chi connectivity index (χ3n) is 3.25. The molecule has 0 radical (unpaired) electrons. The number of H-pyrrole nitrogens is 1. The zero-order chi connectivity index (χ0) is 13.1. The summed E-state index contributed by atoms with van der Waals surface area (Å²) in [6, 6.07) is 8.65. The number of hydrogen-bond acceptors (Lipinski definition) is 4. The number of aromatic amines is 1. The molecule has 1 aliphatic carbocycles. The number of para-hydroxylation sites is 1. The van der Waals surface area contributed by atoms with E-state index in [4.69, 9.17) is 4.74 Å². The summed E-state index contributed by atoms with van der Waals surface area (Å²) in [5, 5.41) is 10.6. The van der Waals surface area contributed by atoms with Gasteiger partial charge in [0.25, 0.3) is 0 Å². The van der Waals surface area contributed by atoms with E-state index in [0.717, 1.165) is 29.5 Å². The van der Waals surface area contributed by atoms with Gasteiger partial charge in [-0.2, -0.15) is 5.10 Å². The summed E-state index contributed by atoms with van der Waals surface area (Å²) in [6.45, 7) is 0.743. The molecule has 0 bridgehead atoms. The van der Waals surface area contributed by atoms with Gasteiger partial charge in [0, 0.05) is 18.0 Å². The van der Waals surface area contributed by atoms with Crippen LogP contribution < -0.4 is 10.1 Å². The van der Waals surface area contributed by atoms with E-state index in [9.17, 15) is 0 Å². The van der Waals surface area contributed by atoms with Crippen LogP contribution in [0.1, 0.15) is 30.1 Å². The molecule has 5 nitrogen and oxygen atoms in total. The molecule has 100 valence electrons. The average Bonchev–Trinajstić information content (AvgIpc) is 3.17. The lowest BCUT2D eigenvalue weighted by molar-refractivity contribution is 0.410. The van der Waals surface area contributed by atoms with Gasteiger partial charge in [0.2, 0.25) is 0 Å². The predicted molar refractivity (Wildman–Crippen MR) is 72.0 cm³/mol. The number of hydrogen-bond donors (Lipinski definition) is 2. The second kappa shape index (κ2) is 5.40. The van der Waals surface area contributed by atoms with Crippen LogP contribution >= 0.6 is 0 Å². The van der Waals surface area contributed by atoms with Gasteiger partial charge in [0.05, 0.1) is 13.7 Å². The number of ether oxygens (including phenoxy) is 1. The Hall–Kier alpha value is -1.88. The summed E-state index contributed by atoms with van der Waals surface area (Å²) >= 11 is 0. The smallest absolute Gasteiger partial charge is 0.164 e. The molecule has 19 heavy (non-hydrogen) atoms. The molecule has 1 aliphatic rings. The van der Waals surface area contributed by atoms with E-state index in [1.807, 2.05) is 24.3 Å². The molecule has 3 rings (SSSR count). The van der Waals surface area contributed by atoms with Crippen molar-refractivity contribution in [2.24, 2.45) is 0 Å². The van der Waals surface area contributed by atoms with Crippen molar-refractivity contribution in [3.63, 3.8) is 0 Å². The molecule has 1 saturated carbocycles. The van der Waals surface area contributed by atoms with Crippen molar-refractivity contribution in [1.82, 2.24) is 20.5 Å². The normalized spacial score (nSPS) is 14.6. The molecule has 0 unspecified atom stereocenters. The summed E-state index contributed by atoms with van der Waals surface area (Å²) in [7, 11) is 1.68. The van der Waals surface area contributed by atoms with E-state index in [1.165, 1.54) is 12.8 Å². The first kappa shape index (κ1) is 12.2. The van der Waals surface area contributed by atoms with E-state index >= 15 is 0 Å². The van der Waals surface area contributed by atoms with E-state index in [-0.39, 0.29) is 0 Å². The van der Waals surface area contributed by atoms with Crippen LogP contribution in [0.4, 0.5) is 0 Å². The number of nitrogens with one attached hydrogen (secondary N) is 2. The molecule has 1 aromatic heterocycles. The monoisotopic (exact) mass is 258 g/mol. The molecule has 0 aliphatic heterocycles. The van der Waals surface area contributed by atoms with Gasteiger partial charge in [0.15, 0.2) is 5.82 Å². The van der Waals surface area contributed by atoms with Crippen molar-refractivity contribution in [3.05, 3.63) is 41.5 Å². The second-order valence-electron chi connectivity index (χ2n) is 4.84. The van der Waals surface area contributed by atoms with E-state index in [2.05, 4.69) is 20.5 Å². The van der Waals surface area contributed by atoms with Crippen LogP contribution in [0.3, 0.4) is 0 Å². The molecule has 0 amide bonds. The second-order valence-corrected chi connectivity index (χ2v) is 4.84. The Morgan fingerprint density at radius 3 is 3.00 bits per heavy atom. The maximum absolute atomic E-state index is 5.34. The molecular formula is C14H18N4O. The summed E-state index contributed by atoms with van der Waals surface area (Å²) in [4.78, 5) is 4.50. The lowest BCUT2D eigenvalue weighted by Crippen LogP contribution is -2.16. The number of rotatable bonds is 6. The van der Waals surface area contributed by atoms with Crippen molar-refractivity contribution in [3.8, 4) is 5.75 Å². The summed E-state index contributed by atoms with van der Waals surface area (Å²) in [5.41, 5.74) is 1.11. The third-order valence-corrected chi connectivity index (χ3v) is 3.25. The lowest BCUT2D eigenvalue weighted by atomic mass is 10.1. The van der Waals surface area contributed by atoms with Gasteiger partial charge >= 0.3 is 0 Å². The summed E-state index contributed by atoms with van der Waals surface area (Å²) in [6.07, 6.45) is 3.26. The minimum absolute atomic E-state index is 0.677. The molecule has 1 fully saturated rings. The fraction of sp³-hybridized carbons (Fsp3) is 0.429. The van der Waals surface area contributed by atoms with Crippen molar-refractivity contribution in [1.29, 1.82) is 0 Å². The van der Waals surface area contributed by atoms with Gasteiger partial charge in [-0.05, 0) is 18.9 Å².